The van der Waals surface area contributed by atoms with Gasteiger partial charge >= 0.3 is 5.97 Å². The Morgan fingerprint density at radius 2 is 1.23 bits per heavy atom. The van der Waals surface area contributed by atoms with E-state index < -0.39 is 5.97 Å². The molecule has 0 amide bonds. The average Bonchev–Trinajstić information content (AvgIpc) is 2.83. The fourth-order valence-electron chi connectivity index (χ4n) is 3.15. The number of para-hydroxylation sites is 1. The second-order valence-electron chi connectivity index (χ2n) is 6.88. The first-order chi connectivity index (χ1) is 15.2. The van der Waals surface area contributed by atoms with Gasteiger partial charge < -0.3 is 9.47 Å². The second-order valence-corrected chi connectivity index (χ2v) is 6.88. The number of rotatable bonds is 7. The van der Waals surface area contributed by atoms with Crippen molar-refractivity contribution in [3.05, 3.63) is 131 Å². The van der Waals surface area contributed by atoms with Gasteiger partial charge in [-0.2, -0.15) is 0 Å². The molecule has 0 bridgehead atoms. The van der Waals surface area contributed by atoms with E-state index in [-0.39, 0.29) is 18.0 Å². The van der Waals surface area contributed by atoms with Gasteiger partial charge in [0.2, 0.25) is 0 Å². The van der Waals surface area contributed by atoms with Crippen molar-refractivity contribution in [3.8, 4) is 11.5 Å². The Balaban J connectivity index is 1.46. The maximum absolute atomic E-state index is 12.8. The summed E-state index contributed by atoms with van der Waals surface area (Å²) in [5.41, 5.74) is 1.87. The standard InChI is InChI=1S/C27H20O4/c28-26(21-11-3-1-4-12-21)24-16-7-8-17-25(24)27(29)30-19-20-10-9-15-23(18-20)31-22-13-5-2-6-14-22/h1-18H,19H2. The lowest BCUT2D eigenvalue weighted by Crippen LogP contribution is -2.12. The van der Waals surface area contributed by atoms with E-state index in [1.165, 1.54) is 0 Å². The molecule has 0 aromatic heterocycles. The van der Waals surface area contributed by atoms with Crippen LogP contribution in [-0.2, 0) is 11.3 Å². The largest absolute Gasteiger partial charge is 0.457 e. The van der Waals surface area contributed by atoms with E-state index >= 15 is 0 Å². The van der Waals surface area contributed by atoms with Gasteiger partial charge in [-0.15, -0.1) is 0 Å². The van der Waals surface area contributed by atoms with Crippen molar-refractivity contribution < 1.29 is 19.1 Å². The summed E-state index contributed by atoms with van der Waals surface area (Å²) in [6, 6.07) is 32.4. The first-order valence-electron chi connectivity index (χ1n) is 9.88. The van der Waals surface area contributed by atoms with Crippen molar-refractivity contribution in [1.29, 1.82) is 0 Å². The third-order valence-electron chi connectivity index (χ3n) is 4.67. The molecule has 4 aromatic rings. The molecule has 0 atom stereocenters. The number of ether oxygens (including phenoxy) is 2. The van der Waals surface area contributed by atoms with Gasteiger partial charge in [0.1, 0.15) is 18.1 Å². The summed E-state index contributed by atoms with van der Waals surface area (Å²) in [4.78, 5) is 25.6. The van der Waals surface area contributed by atoms with Crippen molar-refractivity contribution in [1.82, 2.24) is 0 Å². The van der Waals surface area contributed by atoms with E-state index in [1.54, 1.807) is 48.5 Å². The Morgan fingerprint density at radius 1 is 0.613 bits per heavy atom. The molecule has 31 heavy (non-hydrogen) atoms. The van der Waals surface area contributed by atoms with Gasteiger partial charge in [-0.25, -0.2) is 4.79 Å². The maximum atomic E-state index is 12.8. The highest BCUT2D eigenvalue weighted by molar-refractivity contribution is 6.14. The topological polar surface area (TPSA) is 52.6 Å². The van der Waals surface area contributed by atoms with Crippen LogP contribution in [0.1, 0.15) is 31.8 Å². The molecule has 4 aromatic carbocycles. The van der Waals surface area contributed by atoms with Crippen LogP contribution in [0.3, 0.4) is 0 Å². The van der Waals surface area contributed by atoms with Gasteiger partial charge in [0.15, 0.2) is 5.78 Å². The molecule has 0 fully saturated rings. The number of carbonyl (C=O) groups is 2. The summed E-state index contributed by atoms with van der Waals surface area (Å²) in [6.45, 7) is 0.0681. The van der Waals surface area contributed by atoms with Crippen LogP contribution in [0.5, 0.6) is 11.5 Å². The van der Waals surface area contributed by atoms with Crippen LogP contribution in [0, 0.1) is 0 Å². The lowest BCUT2D eigenvalue weighted by atomic mass is 9.98. The zero-order valence-electron chi connectivity index (χ0n) is 16.7. The molecular formula is C27H20O4. The fraction of sp³-hybridized carbons (Fsp3) is 0.0370. The fourth-order valence-corrected chi connectivity index (χ4v) is 3.15. The van der Waals surface area contributed by atoms with Crippen molar-refractivity contribution in [3.63, 3.8) is 0 Å². The normalized spacial score (nSPS) is 10.3. The quantitative estimate of drug-likeness (QED) is 0.275. The molecule has 0 radical (unpaired) electrons. The Morgan fingerprint density at radius 3 is 1.97 bits per heavy atom. The third-order valence-corrected chi connectivity index (χ3v) is 4.67. The van der Waals surface area contributed by atoms with Gasteiger partial charge in [0, 0.05) is 11.1 Å². The van der Waals surface area contributed by atoms with Crippen LogP contribution < -0.4 is 4.74 Å². The molecule has 0 unspecified atom stereocenters. The molecule has 0 aliphatic carbocycles. The SMILES string of the molecule is O=C(OCc1cccc(Oc2ccccc2)c1)c1ccccc1C(=O)c1ccccc1. The first-order valence-corrected chi connectivity index (χ1v) is 9.88. The lowest BCUT2D eigenvalue weighted by Gasteiger charge is -2.10. The highest BCUT2D eigenvalue weighted by atomic mass is 16.5. The lowest BCUT2D eigenvalue weighted by molar-refractivity contribution is 0.0470. The van der Waals surface area contributed by atoms with Crippen molar-refractivity contribution >= 4 is 11.8 Å². The average molecular weight is 408 g/mol. The van der Waals surface area contributed by atoms with E-state index in [0.29, 0.717) is 16.9 Å². The van der Waals surface area contributed by atoms with Crippen molar-refractivity contribution in [2.75, 3.05) is 0 Å². The second kappa shape index (κ2) is 9.55. The first kappa shape index (κ1) is 20.1. The molecule has 0 aliphatic heterocycles. The van der Waals surface area contributed by atoms with E-state index in [4.69, 9.17) is 9.47 Å². The van der Waals surface area contributed by atoms with Gasteiger partial charge in [0.25, 0.3) is 0 Å². The summed E-state index contributed by atoms with van der Waals surface area (Å²) in [6.07, 6.45) is 0. The molecule has 0 saturated heterocycles. The minimum absolute atomic E-state index is 0.0681. The minimum atomic E-state index is -0.547. The Bertz CT molecular complexity index is 1180. The number of hydrogen-bond acceptors (Lipinski definition) is 4. The molecule has 0 heterocycles. The van der Waals surface area contributed by atoms with Crippen LogP contribution in [0.25, 0.3) is 0 Å². The van der Waals surface area contributed by atoms with Crippen molar-refractivity contribution in [2.45, 2.75) is 6.61 Å². The number of hydrogen-bond donors (Lipinski definition) is 0. The highest BCUT2D eigenvalue weighted by Crippen LogP contribution is 2.23. The monoisotopic (exact) mass is 408 g/mol. The number of ketones is 1. The van der Waals surface area contributed by atoms with E-state index in [2.05, 4.69) is 0 Å². The van der Waals surface area contributed by atoms with Gasteiger partial charge in [-0.3, -0.25) is 4.79 Å². The highest BCUT2D eigenvalue weighted by Gasteiger charge is 2.19. The molecular weight excluding hydrogens is 388 g/mol. The van der Waals surface area contributed by atoms with Gasteiger partial charge in [-0.05, 0) is 35.9 Å². The Labute approximate surface area is 180 Å². The van der Waals surface area contributed by atoms with Crippen LogP contribution in [-0.4, -0.2) is 11.8 Å². The number of esters is 1. The third kappa shape index (κ3) is 5.06. The van der Waals surface area contributed by atoms with E-state index in [0.717, 1.165) is 11.3 Å². The summed E-state index contributed by atoms with van der Waals surface area (Å²) < 4.78 is 11.3. The van der Waals surface area contributed by atoms with E-state index in [1.807, 2.05) is 60.7 Å². The summed E-state index contributed by atoms with van der Waals surface area (Å²) in [5, 5.41) is 0. The molecule has 0 spiro atoms. The predicted octanol–water partition coefficient (Wildman–Crippen LogP) is 6.07. The van der Waals surface area contributed by atoms with Crippen molar-refractivity contribution in [2.24, 2.45) is 0 Å². The summed E-state index contributed by atoms with van der Waals surface area (Å²) in [7, 11) is 0. The maximum Gasteiger partial charge on any atom is 0.339 e. The molecule has 4 heteroatoms. The number of carbonyl (C=O) groups excluding carboxylic acids is 2. The zero-order chi connectivity index (χ0) is 21.5. The van der Waals surface area contributed by atoms with Gasteiger partial charge in [-0.1, -0.05) is 78.9 Å². The van der Waals surface area contributed by atoms with Crippen LogP contribution in [0.2, 0.25) is 0 Å². The minimum Gasteiger partial charge on any atom is -0.457 e. The summed E-state index contributed by atoms with van der Waals surface area (Å²) in [5.74, 6) is 0.616. The molecule has 0 aliphatic rings. The van der Waals surface area contributed by atoms with E-state index in [9.17, 15) is 9.59 Å². The van der Waals surface area contributed by atoms with Crippen LogP contribution >= 0.6 is 0 Å². The van der Waals surface area contributed by atoms with Crippen LogP contribution in [0.4, 0.5) is 0 Å². The smallest absolute Gasteiger partial charge is 0.339 e. The molecule has 0 N–H and O–H groups in total. The Hall–Kier alpha value is -4.18. The van der Waals surface area contributed by atoms with Gasteiger partial charge in [0.05, 0.1) is 5.56 Å². The number of benzene rings is 4. The Kier molecular flexibility index (Phi) is 6.19. The molecule has 4 nitrogen and oxygen atoms in total. The zero-order valence-corrected chi connectivity index (χ0v) is 16.7. The summed E-state index contributed by atoms with van der Waals surface area (Å²) >= 11 is 0. The predicted molar refractivity (Wildman–Crippen MR) is 118 cm³/mol. The van der Waals surface area contributed by atoms with Crippen LogP contribution in [0.15, 0.2) is 109 Å². The molecule has 4 rings (SSSR count). The molecule has 0 saturated carbocycles. The molecule has 152 valence electrons.